The van der Waals surface area contributed by atoms with Crippen molar-refractivity contribution >= 4 is 23.4 Å². The molecular formula is C23H24N4O5S. The second kappa shape index (κ2) is 10.4. The van der Waals surface area contributed by atoms with Crippen LogP contribution in [0.25, 0.3) is 11.3 Å². The predicted molar refractivity (Wildman–Crippen MR) is 124 cm³/mol. The number of hydrogen-bond donors (Lipinski definition) is 2. The molecule has 1 aromatic heterocycles. The molecule has 0 amide bonds. The van der Waals surface area contributed by atoms with Crippen LogP contribution < -0.4 is 19.5 Å². The van der Waals surface area contributed by atoms with Gasteiger partial charge in [0.2, 0.25) is 17.3 Å². The predicted octanol–water partition coefficient (Wildman–Crippen LogP) is 4.41. The fourth-order valence-electron chi connectivity index (χ4n) is 3.35. The third kappa shape index (κ3) is 5.11. The lowest BCUT2D eigenvalue weighted by Crippen LogP contribution is -2.20. The zero-order valence-electron chi connectivity index (χ0n) is 18.3. The number of rotatable bonds is 9. The van der Waals surface area contributed by atoms with Crippen LogP contribution in [0.4, 0.5) is 5.69 Å². The highest BCUT2D eigenvalue weighted by Gasteiger charge is 2.29. The van der Waals surface area contributed by atoms with Gasteiger partial charge in [0.25, 0.3) is 0 Å². The molecule has 2 aromatic carbocycles. The van der Waals surface area contributed by atoms with Crippen LogP contribution in [0, 0.1) is 0 Å². The van der Waals surface area contributed by atoms with Crippen molar-refractivity contribution in [2.45, 2.75) is 31.1 Å². The molecule has 0 unspecified atom stereocenters. The summed E-state index contributed by atoms with van der Waals surface area (Å²) in [6.07, 6.45) is 1.39. The molecule has 1 atom stereocenters. The van der Waals surface area contributed by atoms with Crippen molar-refractivity contribution in [2.75, 3.05) is 24.8 Å². The van der Waals surface area contributed by atoms with Gasteiger partial charge in [0.1, 0.15) is 0 Å². The SMILES string of the molecule is CCCCSc1nnc2c(n1)O[C@@H](c1cccc(OC)c1OCC(=O)O)Nc1ccccc1-2. The number of methoxy groups -OCH3 is 1. The number of unbranched alkanes of at least 4 members (excludes halogenated alkanes) is 1. The average molecular weight is 469 g/mol. The van der Waals surface area contributed by atoms with E-state index in [0.717, 1.165) is 29.8 Å². The molecule has 2 heterocycles. The lowest BCUT2D eigenvalue weighted by Gasteiger charge is -2.22. The molecule has 1 aliphatic rings. The monoisotopic (exact) mass is 468 g/mol. The minimum absolute atomic E-state index is 0.278. The Hall–Kier alpha value is -3.53. The smallest absolute Gasteiger partial charge is 0.341 e. The Morgan fingerprint density at radius 3 is 2.85 bits per heavy atom. The zero-order valence-corrected chi connectivity index (χ0v) is 19.1. The zero-order chi connectivity index (χ0) is 23.2. The lowest BCUT2D eigenvalue weighted by atomic mass is 10.1. The number of benzene rings is 2. The first-order valence-electron chi connectivity index (χ1n) is 10.5. The highest BCUT2D eigenvalue weighted by molar-refractivity contribution is 7.99. The topological polar surface area (TPSA) is 116 Å². The van der Waals surface area contributed by atoms with Gasteiger partial charge in [-0.1, -0.05) is 49.4 Å². The summed E-state index contributed by atoms with van der Waals surface area (Å²) in [4.78, 5) is 15.8. The largest absolute Gasteiger partial charge is 0.493 e. The van der Waals surface area contributed by atoms with Crippen molar-refractivity contribution < 1.29 is 24.1 Å². The van der Waals surface area contributed by atoms with E-state index in [1.54, 1.807) is 18.2 Å². The maximum absolute atomic E-state index is 11.1. The number of aromatic nitrogens is 3. The molecule has 9 nitrogen and oxygen atoms in total. The molecule has 0 radical (unpaired) electrons. The number of hydrogen-bond acceptors (Lipinski definition) is 9. The molecule has 0 spiro atoms. The maximum Gasteiger partial charge on any atom is 0.341 e. The summed E-state index contributed by atoms with van der Waals surface area (Å²) in [5.41, 5.74) is 2.67. The molecule has 3 aromatic rings. The minimum Gasteiger partial charge on any atom is -0.493 e. The van der Waals surface area contributed by atoms with Gasteiger partial charge in [0.05, 0.1) is 12.7 Å². The van der Waals surface area contributed by atoms with Crippen molar-refractivity contribution in [2.24, 2.45) is 0 Å². The van der Waals surface area contributed by atoms with E-state index in [2.05, 4.69) is 27.4 Å². The maximum atomic E-state index is 11.1. The molecule has 0 saturated carbocycles. The molecule has 172 valence electrons. The average Bonchev–Trinajstić information content (AvgIpc) is 2.99. The van der Waals surface area contributed by atoms with Crippen LogP contribution in [0.2, 0.25) is 0 Å². The van der Waals surface area contributed by atoms with E-state index in [1.165, 1.54) is 18.9 Å². The Morgan fingerprint density at radius 2 is 2.06 bits per heavy atom. The number of carbonyl (C=O) groups is 1. The van der Waals surface area contributed by atoms with E-state index in [-0.39, 0.29) is 5.75 Å². The van der Waals surface area contributed by atoms with Gasteiger partial charge in [0.15, 0.2) is 23.8 Å². The number of carboxylic acids is 1. The van der Waals surface area contributed by atoms with E-state index in [9.17, 15) is 4.79 Å². The summed E-state index contributed by atoms with van der Waals surface area (Å²) in [6, 6.07) is 12.9. The Kier molecular flexibility index (Phi) is 7.13. The van der Waals surface area contributed by atoms with Crippen molar-refractivity contribution in [1.29, 1.82) is 0 Å². The Balaban J connectivity index is 1.77. The van der Waals surface area contributed by atoms with Gasteiger partial charge in [-0.25, -0.2) is 4.79 Å². The standard InChI is InChI=1S/C23H24N4O5S/c1-3-4-12-33-23-25-22-19(26-27-23)14-8-5-6-10-16(14)24-21(32-22)15-9-7-11-17(30-2)20(15)31-13-18(28)29/h5-11,21,24H,3-4,12-13H2,1-2H3,(H,28,29)/t21-/m0/s1. The fourth-order valence-corrected chi connectivity index (χ4v) is 4.21. The summed E-state index contributed by atoms with van der Waals surface area (Å²) < 4.78 is 17.3. The molecule has 0 aliphatic carbocycles. The van der Waals surface area contributed by atoms with Crippen LogP contribution in [0.15, 0.2) is 47.6 Å². The summed E-state index contributed by atoms with van der Waals surface area (Å²) in [7, 11) is 1.50. The van der Waals surface area contributed by atoms with E-state index < -0.39 is 18.8 Å². The Bertz CT molecular complexity index is 1140. The first kappa shape index (κ1) is 22.7. The number of nitrogens with zero attached hydrogens (tertiary/aromatic N) is 3. The summed E-state index contributed by atoms with van der Waals surface area (Å²) in [5, 5.41) is 21.7. The molecule has 1 aliphatic heterocycles. The second-order valence-corrected chi connectivity index (χ2v) is 8.26. The van der Waals surface area contributed by atoms with Crippen LogP contribution in [-0.4, -0.2) is 45.7 Å². The van der Waals surface area contributed by atoms with Crippen LogP contribution in [-0.2, 0) is 4.79 Å². The molecule has 0 saturated heterocycles. The molecule has 4 rings (SSSR count). The molecule has 2 N–H and O–H groups in total. The third-order valence-corrected chi connectivity index (χ3v) is 5.84. The third-order valence-electron chi connectivity index (χ3n) is 4.91. The van der Waals surface area contributed by atoms with Crippen LogP contribution in [0.3, 0.4) is 0 Å². The number of para-hydroxylation sites is 2. The molecular weight excluding hydrogens is 444 g/mol. The van der Waals surface area contributed by atoms with Gasteiger partial charge in [-0.05, 0) is 24.6 Å². The number of nitrogens with one attached hydrogen (secondary N) is 1. The van der Waals surface area contributed by atoms with Crippen molar-refractivity contribution in [3.8, 4) is 28.6 Å². The minimum atomic E-state index is -1.09. The molecule has 10 heteroatoms. The van der Waals surface area contributed by atoms with Crippen LogP contribution >= 0.6 is 11.8 Å². The Morgan fingerprint density at radius 1 is 1.21 bits per heavy atom. The van der Waals surface area contributed by atoms with Gasteiger partial charge < -0.3 is 24.6 Å². The van der Waals surface area contributed by atoms with Gasteiger partial charge in [0, 0.05) is 17.0 Å². The summed E-state index contributed by atoms with van der Waals surface area (Å²) in [5.74, 6) is 0.800. The molecule has 0 bridgehead atoms. The Labute approximate surface area is 195 Å². The van der Waals surface area contributed by atoms with Gasteiger partial charge >= 0.3 is 5.97 Å². The lowest BCUT2D eigenvalue weighted by molar-refractivity contribution is -0.139. The number of aliphatic carboxylic acids is 1. The number of thioether (sulfide) groups is 1. The first-order chi connectivity index (χ1) is 16.1. The van der Waals surface area contributed by atoms with E-state index in [0.29, 0.717) is 28.0 Å². The van der Waals surface area contributed by atoms with Gasteiger partial charge in [-0.3, -0.25) is 0 Å². The number of fused-ring (bicyclic) bond motifs is 3. The summed E-state index contributed by atoms with van der Waals surface area (Å²) >= 11 is 1.53. The van der Waals surface area contributed by atoms with E-state index in [1.807, 2.05) is 24.3 Å². The van der Waals surface area contributed by atoms with Crippen LogP contribution in [0.1, 0.15) is 31.6 Å². The van der Waals surface area contributed by atoms with Crippen molar-refractivity contribution in [3.63, 3.8) is 0 Å². The van der Waals surface area contributed by atoms with Crippen LogP contribution in [0.5, 0.6) is 17.4 Å². The second-order valence-electron chi connectivity index (χ2n) is 7.20. The number of carboxylic acid groups (broad SMARTS) is 1. The van der Waals surface area contributed by atoms with Gasteiger partial charge in [-0.2, -0.15) is 4.98 Å². The highest BCUT2D eigenvalue weighted by Crippen LogP contribution is 2.43. The number of anilines is 1. The van der Waals surface area contributed by atoms with Gasteiger partial charge in [-0.15, -0.1) is 10.2 Å². The highest BCUT2D eigenvalue weighted by atomic mass is 32.2. The van der Waals surface area contributed by atoms with Crippen molar-refractivity contribution in [1.82, 2.24) is 15.2 Å². The quantitative estimate of drug-likeness (QED) is 0.346. The number of ether oxygens (including phenoxy) is 3. The fraction of sp³-hybridized carbons (Fsp3) is 0.304. The summed E-state index contributed by atoms with van der Waals surface area (Å²) in [6.45, 7) is 1.61. The van der Waals surface area contributed by atoms with Crippen molar-refractivity contribution in [3.05, 3.63) is 48.0 Å². The normalized spacial score (nSPS) is 14.2. The first-order valence-corrected chi connectivity index (χ1v) is 11.5. The molecule has 33 heavy (non-hydrogen) atoms. The van der Waals surface area contributed by atoms with E-state index in [4.69, 9.17) is 19.3 Å². The van der Waals surface area contributed by atoms with E-state index >= 15 is 0 Å². The molecule has 0 fully saturated rings.